The maximum absolute atomic E-state index is 4.46. The van der Waals surface area contributed by atoms with E-state index >= 15 is 0 Å². The summed E-state index contributed by atoms with van der Waals surface area (Å²) in [5.74, 6) is 0.982. The first-order valence-electron chi connectivity index (χ1n) is 6.25. The summed E-state index contributed by atoms with van der Waals surface area (Å²) in [5.41, 5.74) is 1.31. The summed E-state index contributed by atoms with van der Waals surface area (Å²) in [5, 5.41) is 6.86. The number of aromatic nitrogens is 1. The van der Waals surface area contributed by atoms with E-state index in [0.29, 0.717) is 12.1 Å². The second kappa shape index (κ2) is 5.30. The first-order valence-corrected chi connectivity index (χ1v) is 6.25. The molecule has 16 heavy (non-hydrogen) atoms. The fourth-order valence-electron chi connectivity index (χ4n) is 2.02. The molecule has 0 aromatic carbocycles. The second-order valence-electron chi connectivity index (χ2n) is 4.58. The molecule has 1 saturated heterocycles. The molecule has 0 spiro atoms. The molecule has 1 aliphatic heterocycles. The minimum atomic E-state index is 0.489. The minimum Gasteiger partial charge on any atom is -0.368 e. The van der Waals surface area contributed by atoms with Gasteiger partial charge in [-0.05, 0) is 44.4 Å². The van der Waals surface area contributed by atoms with Crippen molar-refractivity contribution in [2.24, 2.45) is 0 Å². The number of hydrogen-bond donors (Lipinski definition) is 2. The second-order valence-corrected chi connectivity index (χ2v) is 4.58. The van der Waals surface area contributed by atoms with E-state index in [9.17, 15) is 0 Å². The first kappa shape index (κ1) is 11.4. The van der Waals surface area contributed by atoms with Gasteiger partial charge < -0.3 is 10.6 Å². The van der Waals surface area contributed by atoms with Crippen LogP contribution in [0, 0.1) is 0 Å². The standard InChI is InChI=1S/C13H21N3/c1-3-10(2)16-13-7-6-11(9-15-13)12-5-4-8-14-12/h6-7,9-10,12,14H,3-5,8H2,1-2H3,(H,15,16)/t10-,12+/m0/s1. The summed E-state index contributed by atoms with van der Waals surface area (Å²) in [4.78, 5) is 4.46. The van der Waals surface area contributed by atoms with Crippen LogP contribution in [-0.2, 0) is 0 Å². The van der Waals surface area contributed by atoms with Crippen LogP contribution in [0.2, 0.25) is 0 Å². The number of rotatable bonds is 4. The molecule has 1 fully saturated rings. The van der Waals surface area contributed by atoms with E-state index in [-0.39, 0.29) is 0 Å². The highest BCUT2D eigenvalue weighted by Gasteiger charge is 2.16. The molecule has 0 bridgehead atoms. The monoisotopic (exact) mass is 219 g/mol. The molecule has 2 atom stereocenters. The summed E-state index contributed by atoms with van der Waals surface area (Å²) >= 11 is 0. The summed E-state index contributed by atoms with van der Waals surface area (Å²) in [6.45, 7) is 5.49. The molecule has 2 heterocycles. The Balaban J connectivity index is 1.98. The van der Waals surface area contributed by atoms with Crippen LogP contribution in [0.3, 0.4) is 0 Å². The topological polar surface area (TPSA) is 37.0 Å². The highest BCUT2D eigenvalue weighted by Crippen LogP contribution is 2.22. The van der Waals surface area contributed by atoms with E-state index in [1.165, 1.54) is 18.4 Å². The van der Waals surface area contributed by atoms with Gasteiger partial charge in [0.1, 0.15) is 5.82 Å². The quantitative estimate of drug-likeness (QED) is 0.817. The van der Waals surface area contributed by atoms with Crippen LogP contribution in [-0.4, -0.2) is 17.6 Å². The normalized spacial score (nSPS) is 22.0. The lowest BCUT2D eigenvalue weighted by Gasteiger charge is -2.14. The molecule has 0 aliphatic carbocycles. The van der Waals surface area contributed by atoms with Gasteiger partial charge in [-0.15, -0.1) is 0 Å². The molecular formula is C13H21N3. The average molecular weight is 219 g/mol. The van der Waals surface area contributed by atoms with Crippen LogP contribution < -0.4 is 10.6 Å². The average Bonchev–Trinajstić information content (AvgIpc) is 2.83. The van der Waals surface area contributed by atoms with Crippen LogP contribution in [0.1, 0.15) is 44.7 Å². The van der Waals surface area contributed by atoms with Crippen LogP contribution >= 0.6 is 0 Å². The summed E-state index contributed by atoms with van der Waals surface area (Å²) < 4.78 is 0. The molecule has 0 amide bonds. The van der Waals surface area contributed by atoms with Crippen molar-refractivity contribution in [1.82, 2.24) is 10.3 Å². The Morgan fingerprint density at radius 3 is 3.00 bits per heavy atom. The summed E-state index contributed by atoms with van der Waals surface area (Å²) in [6, 6.07) is 5.27. The van der Waals surface area contributed by atoms with Gasteiger partial charge in [-0.1, -0.05) is 13.0 Å². The zero-order chi connectivity index (χ0) is 11.4. The minimum absolute atomic E-state index is 0.489. The van der Waals surface area contributed by atoms with Gasteiger partial charge in [-0.2, -0.15) is 0 Å². The van der Waals surface area contributed by atoms with Crippen molar-refractivity contribution < 1.29 is 0 Å². The lowest BCUT2D eigenvalue weighted by Crippen LogP contribution is -2.16. The van der Waals surface area contributed by atoms with E-state index in [4.69, 9.17) is 0 Å². The maximum atomic E-state index is 4.46. The Morgan fingerprint density at radius 1 is 1.56 bits per heavy atom. The predicted molar refractivity (Wildman–Crippen MR) is 67.6 cm³/mol. The fraction of sp³-hybridized carbons (Fsp3) is 0.615. The van der Waals surface area contributed by atoms with Gasteiger partial charge >= 0.3 is 0 Å². The van der Waals surface area contributed by atoms with Crippen molar-refractivity contribution in [3.63, 3.8) is 0 Å². The molecule has 1 aromatic heterocycles. The number of anilines is 1. The van der Waals surface area contributed by atoms with Crippen LogP contribution in [0.25, 0.3) is 0 Å². The third-order valence-corrected chi connectivity index (χ3v) is 3.26. The third-order valence-electron chi connectivity index (χ3n) is 3.26. The van der Waals surface area contributed by atoms with Crippen molar-refractivity contribution in [2.45, 2.75) is 45.2 Å². The molecule has 3 heteroatoms. The van der Waals surface area contributed by atoms with Gasteiger partial charge in [0.05, 0.1) is 0 Å². The highest BCUT2D eigenvalue weighted by molar-refractivity contribution is 5.37. The highest BCUT2D eigenvalue weighted by atomic mass is 15.0. The van der Waals surface area contributed by atoms with Gasteiger partial charge in [0.15, 0.2) is 0 Å². The van der Waals surface area contributed by atoms with E-state index < -0.39 is 0 Å². The van der Waals surface area contributed by atoms with Crippen LogP contribution in [0.4, 0.5) is 5.82 Å². The molecule has 3 nitrogen and oxygen atoms in total. The van der Waals surface area contributed by atoms with Gasteiger partial charge in [-0.3, -0.25) is 0 Å². The molecule has 2 N–H and O–H groups in total. The number of hydrogen-bond acceptors (Lipinski definition) is 3. The lowest BCUT2D eigenvalue weighted by atomic mass is 10.1. The Morgan fingerprint density at radius 2 is 2.44 bits per heavy atom. The fourth-order valence-corrected chi connectivity index (χ4v) is 2.02. The number of nitrogens with one attached hydrogen (secondary N) is 2. The van der Waals surface area contributed by atoms with Crippen LogP contribution in [0.15, 0.2) is 18.3 Å². The zero-order valence-electron chi connectivity index (χ0n) is 10.2. The largest absolute Gasteiger partial charge is 0.368 e. The summed E-state index contributed by atoms with van der Waals surface area (Å²) in [7, 11) is 0. The first-order chi connectivity index (χ1) is 7.79. The molecule has 1 aliphatic rings. The van der Waals surface area contributed by atoms with Crippen molar-refractivity contribution in [1.29, 1.82) is 0 Å². The smallest absolute Gasteiger partial charge is 0.126 e. The Labute approximate surface area is 97.7 Å². The molecule has 0 saturated carbocycles. The molecule has 2 rings (SSSR count). The predicted octanol–water partition coefficient (Wildman–Crippen LogP) is 2.72. The SMILES string of the molecule is CC[C@H](C)Nc1ccc([C@H]2CCCN2)cn1. The lowest BCUT2D eigenvalue weighted by molar-refractivity contribution is 0.645. The van der Waals surface area contributed by atoms with E-state index in [1.807, 2.05) is 6.20 Å². The molecule has 1 aromatic rings. The van der Waals surface area contributed by atoms with Gasteiger partial charge in [-0.25, -0.2) is 4.98 Å². The van der Waals surface area contributed by atoms with Crippen LogP contribution in [0.5, 0.6) is 0 Å². The molecular weight excluding hydrogens is 198 g/mol. The van der Waals surface area contributed by atoms with E-state index in [0.717, 1.165) is 18.8 Å². The Bertz CT molecular complexity index is 314. The van der Waals surface area contributed by atoms with Crippen molar-refractivity contribution >= 4 is 5.82 Å². The Kier molecular flexibility index (Phi) is 3.78. The van der Waals surface area contributed by atoms with E-state index in [2.05, 4.69) is 41.6 Å². The molecule has 0 radical (unpaired) electrons. The molecule has 0 unspecified atom stereocenters. The number of pyridine rings is 1. The number of nitrogens with zero attached hydrogens (tertiary/aromatic N) is 1. The molecule has 88 valence electrons. The van der Waals surface area contributed by atoms with Gasteiger partial charge in [0.2, 0.25) is 0 Å². The van der Waals surface area contributed by atoms with E-state index in [1.54, 1.807) is 0 Å². The van der Waals surface area contributed by atoms with Crippen molar-refractivity contribution in [3.05, 3.63) is 23.9 Å². The zero-order valence-corrected chi connectivity index (χ0v) is 10.2. The Hall–Kier alpha value is -1.09. The van der Waals surface area contributed by atoms with Gasteiger partial charge in [0, 0.05) is 18.3 Å². The third kappa shape index (κ3) is 2.73. The summed E-state index contributed by atoms with van der Waals surface area (Å²) in [6.07, 6.45) is 5.62. The van der Waals surface area contributed by atoms with Crippen molar-refractivity contribution in [3.8, 4) is 0 Å². The van der Waals surface area contributed by atoms with Crippen molar-refractivity contribution in [2.75, 3.05) is 11.9 Å². The maximum Gasteiger partial charge on any atom is 0.126 e. The van der Waals surface area contributed by atoms with Gasteiger partial charge in [0.25, 0.3) is 0 Å².